The zero-order valence-corrected chi connectivity index (χ0v) is 16.4. The second kappa shape index (κ2) is 8.10. The largest absolute Gasteiger partial charge is 0.338 e. The molecule has 3 rings (SSSR count). The summed E-state index contributed by atoms with van der Waals surface area (Å²) in [4.78, 5) is 14.7. The van der Waals surface area contributed by atoms with Crippen LogP contribution in [0, 0.1) is 5.92 Å². The Morgan fingerprint density at radius 1 is 1.19 bits per heavy atom. The van der Waals surface area contributed by atoms with Crippen molar-refractivity contribution in [3.05, 3.63) is 60.2 Å². The summed E-state index contributed by atoms with van der Waals surface area (Å²) in [6.45, 7) is 2.27. The SMILES string of the molecule is CNCC1CCN(C(=O)c2cccc(S(=O)(=O)N(C)c3ccccc3)c2)C1. The molecular formula is C20H25N3O3S. The molecular weight excluding hydrogens is 362 g/mol. The zero-order chi connectivity index (χ0) is 19.4. The number of likely N-dealkylation sites (tertiary alicyclic amines) is 1. The molecule has 0 spiro atoms. The third-order valence-electron chi connectivity index (χ3n) is 4.93. The van der Waals surface area contributed by atoms with Crippen LogP contribution in [0.2, 0.25) is 0 Å². The Hall–Kier alpha value is -2.38. The third kappa shape index (κ3) is 4.14. The van der Waals surface area contributed by atoms with Crippen molar-refractivity contribution in [2.24, 2.45) is 5.92 Å². The fourth-order valence-corrected chi connectivity index (χ4v) is 4.62. The van der Waals surface area contributed by atoms with Gasteiger partial charge in [-0.2, -0.15) is 0 Å². The molecule has 2 aromatic rings. The molecule has 1 amide bonds. The van der Waals surface area contributed by atoms with Gasteiger partial charge in [-0.1, -0.05) is 24.3 Å². The maximum atomic E-state index is 13.0. The number of hydrogen-bond donors (Lipinski definition) is 1. The first kappa shape index (κ1) is 19.4. The number of carbonyl (C=O) groups is 1. The van der Waals surface area contributed by atoms with Gasteiger partial charge in [0, 0.05) is 25.7 Å². The molecule has 144 valence electrons. The number of anilines is 1. The number of carbonyl (C=O) groups excluding carboxylic acids is 1. The van der Waals surface area contributed by atoms with Crippen LogP contribution < -0.4 is 9.62 Å². The molecule has 1 heterocycles. The molecule has 1 saturated heterocycles. The Morgan fingerprint density at radius 2 is 1.93 bits per heavy atom. The molecule has 0 bridgehead atoms. The Morgan fingerprint density at radius 3 is 2.63 bits per heavy atom. The number of nitrogens with zero attached hydrogens (tertiary/aromatic N) is 2. The summed E-state index contributed by atoms with van der Waals surface area (Å²) in [6, 6.07) is 15.2. The van der Waals surface area contributed by atoms with Crippen LogP contribution in [0.5, 0.6) is 0 Å². The lowest BCUT2D eigenvalue weighted by Crippen LogP contribution is -2.31. The maximum absolute atomic E-state index is 13.0. The van der Waals surface area contributed by atoms with Crippen LogP contribution in [0.3, 0.4) is 0 Å². The first-order valence-electron chi connectivity index (χ1n) is 9.01. The van der Waals surface area contributed by atoms with E-state index in [1.54, 1.807) is 41.3 Å². The molecule has 1 fully saturated rings. The van der Waals surface area contributed by atoms with Crippen LogP contribution in [-0.4, -0.2) is 53.0 Å². The first-order chi connectivity index (χ1) is 12.9. The van der Waals surface area contributed by atoms with Crippen LogP contribution in [0.25, 0.3) is 0 Å². The summed E-state index contributed by atoms with van der Waals surface area (Å²) in [5.74, 6) is 0.322. The van der Waals surface area contributed by atoms with Crippen molar-refractivity contribution in [2.75, 3.05) is 38.0 Å². The van der Waals surface area contributed by atoms with Gasteiger partial charge in [0.05, 0.1) is 10.6 Å². The summed E-state index contributed by atoms with van der Waals surface area (Å²) in [5, 5.41) is 3.14. The van der Waals surface area contributed by atoms with E-state index in [2.05, 4.69) is 5.32 Å². The molecule has 6 nitrogen and oxygen atoms in total. The topological polar surface area (TPSA) is 69.7 Å². The molecule has 1 atom stereocenters. The lowest BCUT2D eigenvalue weighted by molar-refractivity contribution is 0.0787. The van der Waals surface area contributed by atoms with Crippen molar-refractivity contribution in [3.63, 3.8) is 0 Å². The summed E-state index contributed by atoms with van der Waals surface area (Å²) < 4.78 is 27.1. The summed E-state index contributed by atoms with van der Waals surface area (Å²) in [6.07, 6.45) is 0.960. The molecule has 27 heavy (non-hydrogen) atoms. The molecule has 0 aromatic heterocycles. The predicted molar refractivity (Wildman–Crippen MR) is 106 cm³/mol. The van der Waals surface area contributed by atoms with E-state index in [9.17, 15) is 13.2 Å². The highest BCUT2D eigenvalue weighted by atomic mass is 32.2. The van der Waals surface area contributed by atoms with E-state index in [-0.39, 0.29) is 10.8 Å². The van der Waals surface area contributed by atoms with E-state index in [1.807, 2.05) is 13.1 Å². The lowest BCUT2D eigenvalue weighted by Gasteiger charge is -2.20. The monoisotopic (exact) mass is 387 g/mol. The van der Waals surface area contributed by atoms with Gasteiger partial charge in [-0.25, -0.2) is 8.42 Å². The number of para-hydroxylation sites is 1. The second-order valence-electron chi connectivity index (χ2n) is 6.80. The van der Waals surface area contributed by atoms with Crippen molar-refractivity contribution in [2.45, 2.75) is 11.3 Å². The first-order valence-corrected chi connectivity index (χ1v) is 10.5. The fourth-order valence-electron chi connectivity index (χ4n) is 3.38. The van der Waals surface area contributed by atoms with Crippen LogP contribution >= 0.6 is 0 Å². The van der Waals surface area contributed by atoms with Crippen LogP contribution in [-0.2, 0) is 10.0 Å². The van der Waals surface area contributed by atoms with Gasteiger partial charge < -0.3 is 10.2 Å². The molecule has 1 aliphatic rings. The van der Waals surface area contributed by atoms with Crippen molar-refractivity contribution < 1.29 is 13.2 Å². The minimum absolute atomic E-state index is 0.116. The molecule has 1 unspecified atom stereocenters. The number of hydrogen-bond acceptors (Lipinski definition) is 4. The van der Waals surface area contributed by atoms with E-state index in [0.29, 0.717) is 30.3 Å². The molecule has 1 aliphatic heterocycles. The molecule has 2 aromatic carbocycles. The Balaban J connectivity index is 1.82. The Bertz CT molecular complexity index is 900. The average Bonchev–Trinajstić information content (AvgIpc) is 3.16. The molecule has 7 heteroatoms. The number of amides is 1. The van der Waals surface area contributed by atoms with Gasteiger partial charge in [-0.05, 0) is 56.3 Å². The summed E-state index contributed by atoms with van der Waals surface area (Å²) >= 11 is 0. The smallest absolute Gasteiger partial charge is 0.264 e. The minimum Gasteiger partial charge on any atom is -0.338 e. The van der Waals surface area contributed by atoms with Crippen molar-refractivity contribution in [3.8, 4) is 0 Å². The van der Waals surface area contributed by atoms with Crippen LogP contribution in [0.15, 0.2) is 59.5 Å². The van der Waals surface area contributed by atoms with E-state index < -0.39 is 10.0 Å². The zero-order valence-electron chi connectivity index (χ0n) is 15.6. The second-order valence-corrected chi connectivity index (χ2v) is 8.77. The van der Waals surface area contributed by atoms with E-state index >= 15 is 0 Å². The standard InChI is InChI=1S/C20H25N3O3S/c1-21-14-16-11-12-23(15-16)20(24)17-7-6-10-19(13-17)27(25,26)22(2)18-8-4-3-5-9-18/h3-10,13,16,21H,11-12,14-15H2,1-2H3. The van der Waals surface area contributed by atoms with Crippen LogP contribution in [0.4, 0.5) is 5.69 Å². The highest BCUT2D eigenvalue weighted by Gasteiger charge is 2.28. The van der Waals surface area contributed by atoms with Gasteiger partial charge in [0.15, 0.2) is 0 Å². The Labute approximate surface area is 160 Å². The highest BCUT2D eigenvalue weighted by molar-refractivity contribution is 7.92. The maximum Gasteiger partial charge on any atom is 0.264 e. The lowest BCUT2D eigenvalue weighted by atomic mass is 10.1. The highest BCUT2D eigenvalue weighted by Crippen LogP contribution is 2.24. The van der Waals surface area contributed by atoms with Gasteiger partial charge in [0.25, 0.3) is 15.9 Å². The number of sulfonamides is 1. The molecule has 0 aliphatic carbocycles. The molecule has 0 saturated carbocycles. The Kier molecular flexibility index (Phi) is 5.82. The number of rotatable bonds is 6. The van der Waals surface area contributed by atoms with E-state index in [1.165, 1.54) is 23.5 Å². The third-order valence-corrected chi connectivity index (χ3v) is 6.71. The van der Waals surface area contributed by atoms with Crippen LogP contribution in [0.1, 0.15) is 16.8 Å². The van der Waals surface area contributed by atoms with Gasteiger partial charge in [0.1, 0.15) is 0 Å². The molecule has 1 N–H and O–H groups in total. The minimum atomic E-state index is -3.74. The van der Waals surface area contributed by atoms with E-state index in [0.717, 1.165) is 13.0 Å². The van der Waals surface area contributed by atoms with E-state index in [4.69, 9.17) is 0 Å². The van der Waals surface area contributed by atoms with Crippen molar-refractivity contribution >= 4 is 21.6 Å². The quantitative estimate of drug-likeness (QED) is 0.825. The molecule has 0 radical (unpaired) electrons. The number of nitrogens with one attached hydrogen (secondary N) is 1. The van der Waals surface area contributed by atoms with Gasteiger partial charge in [-0.15, -0.1) is 0 Å². The summed E-state index contributed by atoms with van der Waals surface area (Å²) in [5.41, 5.74) is 0.978. The van der Waals surface area contributed by atoms with Gasteiger partial charge in [0.2, 0.25) is 0 Å². The average molecular weight is 388 g/mol. The number of benzene rings is 2. The fraction of sp³-hybridized carbons (Fsp3) is 0.350. The van der Waals surface area contributed by atoms with Crippen molar-refractivity contribution in [1.29, 1.82) is 0 Å². The normalized spacial score (nSPS) is 17.1. The van der Waals surface area contributed by atoms with Gasteiger partial charge in [-0.3, -0.25) is 9.10 Å². The summed E-state index contributed by atoms with van der Waals surface area (Å²) in [7, 11) is -0.318. The predicted octanol–water partition coefficient (Wildman–Crippen LogP) is 2.19. The van der Waals surface area contributed by atoms with Gasteiger partial charge >= 0.3 is 0 Å². The van der Waals surface area contributed by atoms with Crippen molar-refractivity contribution in [1.82, 2.24) is 10.2 Å².